The summed E-state index contributed by atoms with van der Waals surface area (Å²) in [5, 5.41) is 3.46. The highest BCUT2D eigenvalue weighted by Crippen LogP contribution is 2.23. The lowest BCUT2D eigenvalue weighted by atomic mass is 10.2. The number of nitrogens with zero attached hydrogens (tertiary/aromatic N) is 1. The molecule has 1 N–H and O–H groups in total. The first kappa shape index (κ1) is 19.0. The Labute approximate surface area is 163 Å². The number of carbonyl (C=O) groups is 2. The van der Waals surface area contributed by atoms with Crippen LogP contribution in [0.4, 0.5) is 5.69 Å². The van der Waals surface area contributed by atoms with Crippen LogP contribution < -0.4 is 19.7 Å². The normalized spacial score (nSPS) is 16.3. The number of benzene rings is 2. The van der Waals surface area contributed by atoms with Gasteiger partial charge in [0.25, 0.3) is 5.91 Å². The van der Waals surface area contributed by atoms with Crippen LogP contribution in [0.25, 0.3) is 0 Å². The largest absolute Gasteiger partial charge is 0.494 e. The minimum atomic E-state index is -0.264. The van der Waals surface area contributed by atoms with Gasteiger partial charge in [0.15, 0.2) is 6.61 Å². The molecule has 1 aliphatic rings. The third-order valence-electron chi connectivity index (χ3n) is 4.13. The average Bonchev–Trinajstić information content (AvgIpc) is 3.02. The van der Waals surface area contributed by atoms with E-state index in [0.29, 0.717) is 23.9 Å². The van der Waals surface area contributed by atoms with Gasteiger partial charge in [-0.3, -0.25) is 9.59 Å². The Kier molecular flexibility index (Phi) is 6.19. The van der Waals surface area contributed by atoms with Gasteiger partial charge in [-0.25, -0.2) is 0 Å². The molecule has 1 saturated heterocycles. The molecule has 1 heterocycles. The van der Waals surface area contributed by atoms with Crippen molar-refractivity contribution >= 4 is 29.1 Å². The van der Waals surface area contributed by atoms with Crippen LogP contribution in [0, 0.1) is 0 Å². The summed E-state index contributed by atoms with van der Waals surface area (Å²) in [4.78, 5) is 26.0. The van der Waals surface area contributed by atoms with Crippen molar-refractivity contribution in [1.29, 1.82) is 0 Å². The van der Waals surface area contributed by atoms with Gasteiger partial charge in [0.05, 0.1) is 12.6 Å². The lowest BCUT2D eigenvalue weighted by molar-refractivity contribution is -0.123. The second-order valence-electron chi connectivity index (χ2n) is 6.14. The molecule has 3 rings (SSSR count). The Balaban J connectivity index is 1.48. The highest BCUT2D eigenvalue weighted by atomic mass is 35.5. The molecule has 0 aromatic heterocycles. The topological polar surface area (TPSA) is 67.9 Å². The van der Waals surface area contributed by atoms with Crippen molar-refractivity contribution in [3.8, 4) is 11.5 Å². The molecular formula is C20H21ClN2O4. The zero-order chi connectivity index (χ0) is 19.2. The van der Waals surface area contributed by atoms with Crippen LogP contribution in [0.5, 0.6) is 11.5 Å². The maximum absolute atomic E-state index is 12.2. The maximum atomic E-state index is 12.2. The molecule has 1 atom stereocenters. The highest BCUT2D eigenvalue weighted by molar-refractivity contribution is 6.30. The van der Waals surface area contributed by atoms with E-state index in [-0.39, 0.29) is 30.9 Å². The number of amides is 2. The lowest BCUT2D eigenvalue weighted by Crippen LogP contribution is -2.39. The summed E-state index contributed by atoms with van der Waals surface area (Å²) in [6, 6.07) is 13.9. The van der Waals surface area contributed by atoms with Crippen molar-refractivity contribution in [3.63, 3.8) is 0 Å². The standard InChI is InChI=1S/C20H21ClN2O4/c1-2-26-17-7-9-18(10-8-17)27-13-19(24)22-15-11-20(25)23(12-15)16-5-3-14(21)4-6-16/h3-10,15H,2,11-13H2,1H3,(H,22,24)/t15-/m1/s1. The maximum Gasteiger partial charge on any atom is 0.258 e. The third kappa shape index (κ3) is 5.14. The summed E-state index contributed by atoms with van der Waals surface area (Å²) in [6.45, 7) is 2.82. The highest BCUT2D eigenvalue weighted by Gasteiger charge is 2.31. The van der Waals surface area contributed by atoms with Crippen LogP contribution in [0.1, 0.15) is 13.3 Å². The monoisotopic (exact) mass is 388 g/mol. The molecule has 2 amide bonds. The van der Waals surface area contributed by atoms with Gasteiger partial charge in [0.2, 0.25) is 5.91 Å². The molecule has 1 fully saturated rings. The Hall–Kier alpha value is -2.73. The van der Waals surface area contributed by atoms with Crippen LogP contribution in [0.3, 0.4) is 0 Å². The summed E-state index contributed by atoms with van der Waals surface area (Å²) in [6.07, 6.45) is 0.261. The second-order valence-corrected chi connectivity index (χ2v) is 6.58. The number of carbonyl (C=O) groups excluding carboxylic acids is 2. The molecule has 2 aromatic carbocycles. The fraction of sp³-hybridized carbons (Fsp3) is 0.300. The SMILES string of the molecule is CCOc1ccc(OCC(=O)N[C@@H]2CC(=O)N(c3ccc(Cl)cc3)C2)cc1. The van der Waals surface area contributed by atoms with Crippen LogP contribution in [0.2, 0.25) is 5.02 Å². The van der Waals surface area contributed by atoms with Crippen LogP contribution in [0.15, 0.2) is 48.5 Å². The van der Waals surface area contributed by atoms with Gasteiger partial charge in [-0.1, -0.05) is 11.6 Å². The molecule has 0 bridgehead atoms. The minimum Gasteiger partial charge on any atom is -0.494 e. The van der Waals surface area contributed by atoms with Gasteiger partial charge in [0.1, 0.15) is 11.5 Å². The number of hydrogen-bond donors (Lipinski definition) is 1. The number of anilines is 1. The fourth-order valence-corrected chi connectivity index (χ4v) is 3.02. The molecule has 0 unspecified atom stereocenters. The summed E-state index contributed by atoms with van der Waals surface area (Å²) in [5.41, 5.74) is 0.770. The Morgan fingerprint density at radius 1 is 1.11 bits per heavy atom. The van der Waals surface area contributed by atoms with Crippen LogP contribution >= 0.6 is 11.6 Å². The number of rotatable bonds is 7. The smallest absolute Gasteiger partial charge is 0.258 e. The van der Waals surface area contributed by atoms with Crippen molar-refractivity contribution in [2.24, 2.45) is 0 Å². The Morgan fingerprint density at radius 2 is 1.74 bits per heavy atom. The quantitative estimate of drug-likeness (QED) is 0.791. The predicted molar refractivity (Wildman–Crippen MR) is 103 cm³/mol. The zero-order valence-corrected chi connectivity index (χ0v) is 15.7. The van der Waals surface area contributed by atoms with E-state index in [4.69, 9.17) is 21.1 Å². The first-order chi connectivity index (χ1) is 13.0. The third-order valence-corrected chi connectivity index (χ3v) is 4.39. The van der Waals surface area contributed by atoms with Crippen molar-refractivity contribution in [3.05, 3.63) is 53.6 Å². The van der Waals surface area contributed by atoms with Crippen LogP contribution in [-0.2, 0) is 9.59 Å². The summed E-state index contributed by atoms with van der Waals surface area (Å²) in [5.74, 6) is 1.04. The summed E-state index contributed by atoms with van der Waals surface area (Å²) < 4.78 is 10.8. The lowest BCUT2D eigenvalue weighted by Gasteiger charge is -2.17. The first-order valence-electron chi connectivity index (χ1n) is 8.76. The average molecular weight is 389 g/mol. The second kappa shape index (κ2) is 8.77. The van der Waals surface area contributed by atoms with Gasteiger partial charge in [-0.15, -0.1) is 0 Å². The van der Waals surface area contributed by atoms with E-state index in [2.05, 4.69) is 5.32 Å². The molecule has 0 aliphatic carbocycles. The first-order valence-corrected chi connectivity index (χ1v) is 9.14. The zero-order valence-electron chi connectivity index (χ0n) is 15.0. The molecule has 0 saturated carbocycles. The summed E-state index contributed by atoms with van der Waals surface area (Å²) >= 11 is 5.88. The van der Waals surface area contributed by atoms with E-state index < -0.39 is 0 Å². The van der Waals surface area contributed by atoms with Crippen molar-refractivity contribution < 1.29 is 19.1 Å². The molecule has 2 aromatic rings. The van der Waals surface area contributed by atoms with Crippen molar-refractivity contribution in [2.75, 3.05) is 24.7 Å². The van der Waals surface area contributed by atoms with Crippen molar-refractivity contribution in [1.82, 2.24) is 5.32 Å². The summed E-state index contributed by atoms with van der Waals surface area (Å²) in [7, 11) is 0. The predicted octanol–water partition coefficient (Wildman–Crippen LogP) is 3.04. The van der Waals surface area contributed by atoms with E-state index in [0.717, 1.165) is 11.4 Å². The number of ether oxygens (including phenoxy) is 2. The molecule has 142 valence electrons. The van der Waals surface area contributed by atoms with Crippen LogP contribution in [-0.4, -0.2) is 37.6 Å². The molecule has 27 heavy (non-hydrogen) atoms. The number of hydrogen-bond acceptors (Lipinski definition) is 4. The van der Waals surface area contributed by atoms with Gasteiger partial charge < -0.3 is 19.7 Å². The molecule has 0 radical (unpaired) electrons. The van der Waals surface area contributed by atoms with Gasteiger partial charge in [-0.2, -0.15) is 0 Å². The molecule has 1 aliphatic heterocycles. The van der Waals surface area contributed by atoms with Crippen molar-refractivity contribution in [2.45, 2.75) is 19.4 Å². The molecular weight excluding hydrogens is 368 g/mol. The number of nitrogens with one attached hydrogen (secondary N) is 1. The van der Waals surface area contributed by atoms with E-state index in [1.165, 1.54) is 0 Å². The minimum absolute atomic E-state index is 0.0324. The van der Waals surface area contributed by atoms with Gasteiger partial charge in [-0.05, 0) is 55.5 Å². The molecule has 6 nitrogen and oxygen atoms in total. The Bertz CT molecular complexity index is 793. The van der Waals surface area contributed by atoms with E-state index >= 15 is 0 Å². The molecule has 7 heteroatoms. The van der Waals surface area contributed by atoms with E-state index in [1.54, 1.807) is 53.4 Å². The van der Waals surface area contributed by atoms with E-state index in [1.807, 2.05) is 6.92 Å². The molecule has 0 spiro atoms. The van der Waals surface area contributed by atoms with Gasteiger partial charge >= 0.3 is 0 Å². The fourth-order valence-electron chi connectivity index (χ4n) is 2.89. The Morgan fingerprint density at radius 3 is 2.37 bits per heavy atom. The van der Waals surface area contributed by atoms with Gasteiger partial charge in [0, 0.05) is 23.7 Å². The van der Waals surface area contributed by atoms with E-state index in [9.17, 15) is 9.59 Å². The number of halogens is 1.